The predicted octanol–water partition coefficient (Wildman–Crippen LogP) is 1.80. The number of sulfonamides is 1. The summed E-state index contributed by atoms with van der Waals surface area (Å²) < 4.78 is 32.1. The maximum absolute atomic E-state index is 13.1. The smallest absolute Gasteiger partial charge is 0.337 e. The highest BCUT2D eigenvalue weighted by Crippen LogP contribution is 2.29. The minimum absolute atomic E-state index is 0.0107. The Balaban J connectivity index is 2.40. The number of hydrogen-bond donors (Lipinski definition) is 0. The number of carbonyl (C=O) groups excluding carboxylic acids is 2. The number of aryl methyl sites for hydroxylation is 1. The van der Waals surface area contributed by atoms with Crippen LogP contribution in [-0.2, 0) is 19.6 Å². The molecule has 8 heteroatoms. The van der Waals surface area contributed by atoms with Gasteiger partial charge in [0.25, 0.3) is 0 Å². The van der Waals surface area contributed by atoms with E-state index in [2.05, 4.69) is 4.74 Å². The molecule has 144 valence electrons. The molecule has 1 amide bonds. The number of amides is 1. The summed E-state index contributed by atoms with van der Waals surface area (Å²) >= 11 is 0. The molecule has 0 radical (unpaired) electrons. The summed E-state index contributed by atoms with van der Waals surface area (Å²) in [4.78, 5) is 26.0. The third-order valence-corrected chi connectivity index (χ3v) is 6.48. The Morgan fingerprint density at radius 3 is 2.35 bits per heavy atom. The number of nitrogens with zero attached hydrogens (tertiary/aromatic N) is 2. The van der Waals surface area contributed by atoms with Gasteiger partial charge in [-0.15, -0.1) is 0 Å². The minimum Gasteiger partial charge on any atom is -0.465 e. The van der Waals surface area contributed by atoms with Crippen LogP contribution in [0, 0.1) is 6.92 Å². The van der Waals surface area contributed by atoms with Crippen LogP contribution in [0.5, 0.6) is 0 Å². The van der Waals surface area contributed by atoms with E-state index in [0.29, 0.717) is 5.56 Å². The van der Waals surface area contributed by atoms with Crippen molar-refractivity contribution in [1.82, 2.24) is 9.21 Å². The Kier molecular flexibility index (Phi) is 5.49. The lowest BCUT2D eigenvalue weighted by Crippen LogP contribution is -2.64. The number of rotatable bonds is 4. The molecule has 0 aliphatic carbocycles. The zero-order valence-corrected chi connectivity index (χ0v) is 16.9. The Hall–Kier alpha value is -1.93. The Morgan fingerprint density at radius 1 is 1.27 bits per heavy atom. The van der Waals surface area contributed by atoms with Crippen LogP contribution in [0.25, 0.3) is 0 Å². The van der Waals surface area contributed by atoms with Crippen LogP contribution in [0.15, 0.2) is 23.1 Å². The molecule has 1 aromatic rings. The maximum Gasteiger partial charge on any atom is 0.337 e. The van der Waals surface area contributed by atoms with Gasteiger partial charge in [0.2, 0.25) is 15.9 Å². The minimum atomic E-state index is -3.86. The normalized spacial score (nSPS) is 18.3. The van der Waals surface area contributed by atoms with Crippen LogP contribution in [0.1, 0.15) is 43.6 Å². The van der Waals surface area contributed by atoms with Crippen molar-refractivity contribution in [2.75, 3.05) is 20.2 Å². The van der Waals surface area contributed by atoms with Gasteiger partial charge in [0, 0.05) is 12.6 Å². The molecule has 0 saturated carbocycles. The van der Waals surface area contributed by atoms with Crippen molar-refractivity contribution in [3.63, 3.8) is 0 Å². The van der Waals surface area contributed by atoms with Gasteiger partial charge in [0.1, 0.15) is 0 Å². The second kappa shape index (κ2) is 7.00. The largest absolute Gasteiger partial charge is 0.465 e. The van der Waals surface area contributed by atoms with Gasteiger partial charge in [-0.3, -0.25) is 4.79 Å². The van der Waals surface area contributed by atoms with Crippen molar-refractivity contribution in [1.29, 1.82) is 0 Å². The van der Waals surface area contributed by atoms with Crippen LogP contribution in [-0.4, -0.2) is 61.3 Å². The molecule has 1 aliphatic rings. The second-order valence-corrected chi connectivity index (χ2v) is 9.32. The number of esters is 1. The lowest BCUT2D eigenvalue weighted by Gasteiger charge is -2.48. The molecule has 7 nitrogen and oxygen atoms in total. The molecule has 2 rings (SSSR count). The van der Waals surface area contributed by atoms with Gasteiger partial charge in [-0.1, -0.05) is 0 Å². The fourth-order valence-corrected chi connectivity index (χ4v) is 5.36. The summed E-state index contributed by atoms with van der Waals surface area (Å²) in [5.41, 5.74) is 0.102. The van der Waals surface area contributed by atoms with Crippen LogP contribution < -0.4 is 0 Å². The van der Waals surface area contributed by atoms with E-state index in [0.717, 1.165) is 0 Å². The molecule has 1 aliphatic heterocycles. The van der Waals surface area contributed by atoms with Gasteiger partial charge in [-0.25, -0.2) is 13.2 Å². The molecular formula is C18H26N2O5S. The summed E-state index contributed by atoms with van der Waals surface area (Å²) in [5, 5.41) is 0. The molecule has 0 bridgehead atoms. The van der Waals surface area contributed by atoms with Gasteiger partial charge in [0.15, 0.2) is 0 Å². The van der Waals surface area contributed by atoms with Gasteiger partial charge in [0.05, 0.1) is 29.7 Å². The van der Waals surface area contributed by atoms with Gasteiger partial charge < -0.3 is 9.64 Å². The molecular weight excluding hydrogens is 356 g/mol. The van der Waals surface area contributed by atoms with E-state index < -0.39 is 21.5 Å². The molecule has 0 atom stereocenters. The van der Waals surface area contributed by atoms with Crippen LogP contribution in [0.4, 0.5) is 0 Å². The number of benzene rings is 1. The summed E-state index contributed by atoms with van der Waals surface area (Å²) in [5.74, 6) is -0.748. The van der Waals surface area contributed by atoms with Crippen molar-refractivity contribution in [2.45, 2.75) is 51.1 Å². The van der Waals surface area contributed by atoms with E-state index in [1.54, 1.807) is 11.8 Å². The second-order valence-electron chi connectivity index (χ2n) is 7.41. The van der Waals surface area contributed by atoms with Crippen LogP contribution in [0.2, 0.25) is 0 Å². The first-order valence-electron chi connectivity index (χ1n) is 8.43. The first kappa shape index (κ1) is 20.4. The quantitative estimate of drug-likeness (QED) is 0.742. The van der Waals surface area contributed by atoms with E-state index in [9.17, 15) is 18.0 Å². The molecule has 1 fully saturated rings. The van der Waals surface area contributed by atoms with Crippen molar-refractivity contribution >= 4 is 21.9 Å². The van der Waals surface area contributed by atoms with Gasteiger partial charge in [-0.05, 0) is 58.4 Å². The third-order valence-electron chi connectivity index (χ3n) is 4.53. The maximum atomic E-state index is 13.1. The third kappa shape index (κ3) is 3.61. The molecule has 0 aromatic heterocycles. The van der Waals surface area contributed by atoms with Gasteiger partial charge in [-0.2, -0.15) is 4.31 Å². The number of carbonyl (C=O) groups is 2. The van der Waals surface area contributed by atoms with Crippen molar-refractivity contribution in [3.8, 4) is 0 Å². The highest BCUT2D eigenvalue weighted by atomic mass is 32.2. The molecule has 1 saturated heterocycles. The molecule has 0 N–H and O–H groups in total. The molecule has 26 heavy (non-hydrogen) atoms. The molecule has 1 heterocycles. The average molecular weight is 382 g/mol. The van der Waals surface area contributed by atoms with E-state index >= 15 is 0 Å². The number of ether oxygens (including phenoxy) is 1. The van der Waals surface area contributed by atoms with Crippen LogP contribution in [0.3, 0.4) is 0 Å². The highest BCUT2D eigenvalue weighted by Gasteiger charge is 2.44. The molecule has 0 unspecified atom stereocenters. The fourth-order valence-electron chi connectivity index (χ4n) is 3.61. The first-order chi connectivity index (χ1) is 11.9. The van der Waals surface area contributed by atoms with Crippen LogP contribution >= 0.6 is 0 Å². The SMILES string of the molecule is COC(=O)c1ccc(S(=O)(=O)N2CC(=O)N(C(C)C)C(C)(C)C2)c(C)c1. The van der Waals surface area contributed by atoms with Crippen molar-refractivity contribution in [3.05, 3.63) is 29.3 Å². The van der Waals surface area contributed by atoms with E-state index in [1.807, 2.05) is 27.7 Å². The number of piperazine rings is 1. The summed E-state index contributed by atoms with van der Waals surface area (Å²) in [6.07, 6.45) is 0. The lowest BCUT2D eigenvalue weighted by molar-refractivity contribution is -0.144. The molecule has 1 aromatic carbocycles. The zero-order valence-electron chi connectivity index (χ0n) is 16.1. The first-order valence-corrected chi connectivity index (χ1v) is 9.87. The van der Waals surface area contributed by atoms with Crippen molar-refractivity contribution in [2.24, 2.45) is 0 Å². The average Bonchev–Trinajstić information content (AvgIpc) is 2.51. The van der Waals surface area contributed by atoms with Crippen molar-refractivity contribution < 1.29 is 22.7 Å². The van der Waals surface area contributed by atoms with E-state index in [4.69, 9.17) is 0 Å². The standard InChI is InChI=1S/C18H26N2O5S/c1-12(2)20-16(21)10-19(11-18(20,4)5)26(23,24)15-8-7-14(9-13(15)3)17(22)25-6/h7-9,12H,10-11H2,1-6H3. The molecule has 0 spiro atoms. The zero-order chi connectivity index (χ0) is 19.9. The van der Waals surface area contributed by atoms with Gasteiger partial charge >= 0.3 is 5.97 Å². The summed E-state index contributed by atoms with van der Waals surface area (Å²) in [6.45, 7) is 9.19. The topological polar surface area (TPSA) is 84.0 Å². The monoisotopic (exact) mass is 382 g/mol. The Morgan fingerprint density at radius 2 is 1.88 bits per heavy atom. The fraction of sp³-hybridized carbons (Fsp3) is 0.556. The lowest BCUT2D eigenvalue weighted by atomic mass is 9.98. The van der Waals surface area contributed by atoms with E-state index in [-0.39, 0.29) is 35.5 Å². The predicted molar refractivity (Wildman–Crippen MR) is 97.3 cm³/mol. The van der Waals surface area contributed by atoms with E-state index in [1.165, 1.54) is 29.6 Å². The summed E-state index contributed by atoms with van der Waals surface area (Å²) in [6, 6.07) is 4.28. The number of hydrogen-bond acceptors (Lipinski definition) is 5. The Labute approximate surface area is 155 Å². The summed E-state index contributed by atoms with van der Waals surface area (Å²) in [7, 11) is -2.59. The highest BCUT2D eigenvalue weighted by molar-refractivity contribution is 7.89. The Bertz CT molecular complexity index is 830. The number of methoxy groups -OCH3 is 1.